The van der Waals surface area contributed by atoms with Crippen LogP contribution < -0.4 is 4.72 Å². The van der Waals surface area contributed by atoms with Crippen LogP contribution in [0.1, 0.15) is 26.2 Å². The molecule has 19 heavy (non-hydrogen) atoms. The summed E-state index contributed by atoms with van der Waals surface area (Å²) in [7, 11) is -3.59. The molecule has 106 valence electrons. The number of aromatic nitrogens is 2. The Morgan fingerprint density at radius 3 is 2.79 bits per heavy atom. The SMILES string of the molecule is CC1CCCCN1S(=O)(=O)Nc1ncc(Br)nc1Br. The number of halogens is 2. The minimum atomic E-state index is -3.59. The van der Waals surface area contributed by atoms with Crippen molar-refractivity contribution in [3.63, 3.8) is 0 Å². The molecule has 1 fully saturated rings. The fourth-order valence-corrected chi connectivity index (χ4v) is 4.53. The molecule has 1 N–H and O–H groups in total. The second-order valence-corrected chi connectivity index (χ2v) is 7.58. The highest BCUT2D eigenvalue weighted by Crippen LogP contribution is 2.24. The highest BCUT2D eigenvalue weighted by atomic mass is 79.9. The van der Waals surface area contributed by atoms with E-state index in [0.29, 0.717) is 15.8 Å². The van der Waals surface area contributed by atoms with Crippen LogP contribution in [0, 0.1) is 0 Å². The van der Waals surface area contributed by atoms with Gasteiger partial charge >= 0.3 is 10.2 Å². The first-order valence-corrected chi connectivity index (χ1v) is 8.90. The predicted molar refractivity (Wildman–Crippen MR) is 80.0 cm³/mol. The molecule has 0 bridgehead atoms. The van der Waals surface area contributed by atoms with Crippen LogP contribution in [0.5, 0.6) is 0 Å². The summed E-state index contributed by atoms with van der Waals surface area (Å²) in [6, 6.07) is 0.00781. The summed E-state index contributed by atoms with van der Waals surface area (Å²) in [6.45, 7) is 2.46. The monoisotopic (exact) mass is 412 g/mol. The Hall–Kier alpha value is -0.250. The van der Waals surface area contributed by atoms with Gasteiger partial charge in [-0.3, -0.25) is 4.72 Å². The predicted octanol–water partition coefficient (Wildman–Crippen LogP) is 2.53. The Bertz CT molecular complexity index is 567. The molecule has 2 heterocycles. The first kappa shape index (κ1) is 15.1. The molecular weight excluding hydrogens is 400 g/mol. The molecule has 0 spiro atoms. The summed E-state index contributed by atoms with van der Waals surface area (Å²) in [4.78, 5) is 8.06. The van der Waals surface area contributed by atoms with Crippen molar-refractivity contribution in [2.75, 3.05) is 11.3 Å². The summed E-state index contributed by atoms with van der Waals surface area (Å²) in [5.41, 5.74) is 0. The van der Waals surface area contributed by atoms with Gasteiger partial charge in [-0.2, -0.15) is 12.7 Å². The van der Waals surface area contributed by atoms with E-state index < -0.39 is 10.2 Å². The topological polar surface area (TPSA) is 75.2 Å². The first-order valence-electron chi connectivity index (χ1n) is 5.88. The molecule has 0 radical (unpaired) electrons. The quantitative estimate of drug-likeness (QED) is 0.825. The van der Waals surface area contributed by atoms with Crippen molar-refractivity contribution in [1.29, 1.82) is 0 Å². The third-order valence-electron chi connectivity index (χ3n) is 2.98. The van der Waals surface area contributed by atoms with Crippen molar-refractivity contribution in [2.45, 2.75) is 32.2 Å². The van der Waals surface area contributed by atoms with Gasteiger partial charge in [-0.15, -0.1) is 0 Å². The van der Waals surface area contributed by atoms with Gasteiger partial charge in [0.2, 0.25) is 0 Å². The van der Waals surface area contributed by atoms with Gasteiger partial charge < -0.3 is 0 Å². The lowest BCUT2D eigenvalue weighted by Gasteiger charge is -2.32. The van der Waals surface area contributed by atoms with Gasteiger partial charge in [0.1, 0.15) is 4.60 Å². The van der Waals surface area contributed by atoms with E-state index in [9.17, 15) is 8.42 Å². The van der Waals surface area contributed by atoms with Crippen LogP contribution in [0.3, 0.4) is 0 Å². The molecule has 1 atom stereocenters. The Morgan fingerprint density at radius 1 is 1.42 bits per heavy atom. The number of anilines is 1. The standard InChI is InChI=1S/C10H14Br2N4O2S/c1-7-4-2-3-5-16(7)19(17,18)15-10-9(12)14-8(11)6-13-10/h6-7H,2-5H2,1H3,(H,13,15). The fraction of sp³-hybridized carbons (Fsp3) is 0.600. The van der Waals surface area contributed by atoms with E-state index in [4.69, 9.17) is 0 Å². The van der Waals surface area contributed by atoms with Gasteiger partial charge in [-0.25, -0.2) is 9.97 Å². The average molecular weight is 414 g/mol. The molecule has 1 aliphatic rings. The Balaban J connectivity index is 2.20. The smallest absolute Gasteiger partial charge is 0.252 e. The molecule has 1 aromatic heterocycles. The second-order valence-electron chi connectivity index (χ2n) is 4.39. The molecule has 6 nitrogen and oxygen atoms in total. The Labute approximate surface area is 129 Å². The number of piperidine rings is 1. The van der Waals surface area contributed by atoms with Crippen LogP contribution in [0.25, 0.3) is 0 Å². The van der Waals surface area contributed by atoms with E-state index in [1.807, 2.05) is 6.92 Å². The number of nitrogens with one attached hydrogen (secondary N) is 1. The maximum Gasteiger partial charge on any atom is 0.303 e. The summed E-state index contributed by atoms with van der Waals surface area (Å²) >= 11 is 6.36. The minimum absolute atomic E-state index is 0.00781. The molecular formula is C10H14Br2N4O2S. The van der Waals surface area contributed by atoms with Crippen molar-refractivity contribution >= 4 is 47.9 Å². The molecule has 9 heteroatoms. The van der Waals surface area contributed by atoms with E-state index in [1.54, 1.807) is 0 Å². The van der Waals surface area contributed by atoms with Gasteiger partial charge in [-0.1, -0.05) is 6.42 Å². The van der Waals surface area contributed by atoms with E-state index in [2.05, 4.69) is 46.5 Å². The Morgan fingerprint density at radius 2 is 2.16 bits per heavy atom. The molecule has 1 saturated heterocycles. The average Bonchev–Trinajstić information content (AvgIpc) is 2.33. The van der Waals surface area contributed by atoms with E-state index in [0.717, 1.165) is 19.3 Å². The van der Waals surface area contributed by atoms with E-state index in [1.165, 1.54) is 10.5 Å². The first-order chi connectivity index (χ1) is 8.90. The molecule has 1 unspecified atom stereocenters. The van der Waals surface area contributed by atoms with Crippen LogP contribution in [0.2, 0.25) is 0 Å². The lowest BCUT2D eigenvalue weighted by atomic mass is 10.1. The minimum Gasteiger partial charge on any atom is -0.252 e. The number of hydrogen-bond donors (Lipinski definition) is 1. The van der Waals surface area contributed by atoms with E-state index >= 15 is 0 Å². The van der Waals surface area contributed by atoms with Gasteiger partial charge in [0.25, 0.3) is 0 Å². The molecule has 0 aromatic carbocycles. The zero-order valence-electron chi connectivity index (χ0n) is 10.3. The Kier molecular flexibility index (Phi) is 4.80. The summed E-state index contributed by atoms with van der Waals surface area (Å²) < 4.78 is 29.5. The van der Waals surface area contributed by atoms with Crippen LogP contribution in [0.4, 0.5) is 5.82 Å². The number of hydrogen-bond acceptors (Lipinski definition) is 4. The molecule has 2 rings (SSSR count). The van der Waals surface area contributed by atoms with Gasteiger partial charge in [0.15, 0.2) is 10.4 Å². The lowest BCUT2D eigenvalue weighted by molar-refractivity contribution is 0.270. The van der Waals surface area contributed by atoms with E-state index in [-0.39, 0.29) is 11.9 Å². The van der Waals surface area contributed by atoms with Crippen molar-refractivity contribution < 1.29 is 8.42 Å². The maximum absolute atomic E-state index is 12.3. The zero-order valence-corrected chi connectivity index (χ0v) is 14.3. The molecule has 0 aliphatic carbocycles. The molecule has 0 saturated carbocycles. The van der Waals surface area contributed by atoms with Crippen LogP contribution in [-0.2, 0) is 10.2 Å². The third-order valence-corrected chi connectivity index (χ3v) is 5.52. The summed E-state index contributed by atoms with van der Waals surface area (Å²) in [5, 5.41) is 0. The molecule has 1 aliphatic heterocycles. The third kappa shape index (κ3) is 3.65. The fourth-order valence-electron chi connectivity index (χ4n) is 2.02. The highest BCUT2D eigenvalue weighted by molar-refractivity contribution is 9.11. The van der Waals surface area contributed by atoms with Gasteiger partial charge in [-0.05, 0) is 51.6 Å². The van der Waals surface area contributed by atoms with Gasteiger partial charge in [0.05, 0.1) is 6.20 Å². The summed E-state index contributed by atoms with van der Waals surface area (Å²) in [5.74, 6) is 0.195. The van der Waals surface area contributed by atoms with Crippen molar-refractivity contribution in [1.82, 2.24) is 14.3 Å². The van der Waals surface area contributed by atoms with Gasteiger partial charge in [0, 0.05) is 12.6 Å². The molecule has 1 aromatic rings. The number of rotatable bonds is 3. The van der Waals surface area contributed by atoms with Crippen molar-refractivity contribution in [2.24, 2.45) is 0 Å². The van der Waals surface area contributed by atoms with Crippen molar-refractivity contribution in [3.8, 4) is 0 Å². The van der Waals surface area contributed by atoms with Crippen molar-refractivity contribution in [3.05, 3.63) is 15.4 Å². The van der Waals surface area contributed by atoms with Crippen LogP contribution >= 0.6 is 31.9 Å². The lowest BCUT2D eigenvalue weighted by Crippen LogP contribution is -2.45. The highest BCUT2D eigenvalue weighted by Gasteiger charge is 2.30. The zero-order chi connectivity index (χ0) is 14.0. The molecule has 0 amide bonds. The van der Waals surface area contributed by atoms with Crippen LogP contribution in [-0.4, -0.2) is 35.3 Å². The maximum atomic E-state index is 12.3. The summed E-state index contributed by atoms with van der Waals surface area (Å²) in [6.07, 6.45) is 4.28. The number of nitrogens with zero attached hydrogens (tertiary/aromatic N) is 3. The van der Waals surface area contributed by atoms with Crippen LogP contribution in [0.15, 0.2) is 15.4 Å². The largest absolute Gasteiger partial charge is 0.303 e. The normalized spacial score (nSPS) is 21.3. The second kappa shape index (κ2) is 6.02.